The predicted octanol–water partition coefficient (Wildman–Crippen LogP) is 2.34. The highest BCUT2D eigenvalue weighted by atomic mass is 28.4. The molecule has 5 atom stereocenters. The number of carbonyl (C=O) groups excluding carboxylic acids is 2. The SMILES string of the molecule is C=CCN1C(=O)[C@@]2(O[C@@H](CCO)[C@H]([Si](C)(C)O)[C@H]2C)c2cc(NC(=O)C3CCCNC3)ccc21. The average molecular weight is 488 g/mol. The number of amides is 2. The number of aliphatic hydroxyl groups is 1. The molecule has 4 rings (SSSR count). The van der Waals surface area contributed by atoms with E-state index in [2.05, 4.69) is 17.2 Å². The van der Waals surface area contributed by atoms with Crippen LogP contribution in [0.4, 0.5) is 11.4 Å². The van der Waals surface area contributed by atoms with Crippen LogP contribution in [0.25, 0.3) is 0 Å². The summed E-state index contributed by atoms with van der Waals surface area (Å²) in [6, 6.07) is 5.53. The van der Waals surface area contributed by atoms with Crippen molar-refractivity contribution in [1.82, 2.24) is 5.32 Å². The molecule has 1 aromatic rings. The number of carbonyl (C=O) groups is 2. The predicted molar refractivity (Wildman–Crippen MR) is 134 cm³/mol. The van der Waals surface area contributed by atoms with E-state index < -0.39 is 20.0 Å². The summed E-state index contributed by atoms with van der Waals surface area (Å²) < 4.78 is 6.56. The minimum Gasteiger partial charge on any atom is -0.432 e. The molecule has 9 heteroatoms. The van der Waals surface area contributed by atoms with Crippen LogP contribution in [-0.4, -0.2) is 62.4 Å². The Hall–Kier alpha value is -2.04. The Kier molecular flexibility index (Phi) is 7.03. The van der Waals surface area contributed by atoms with Gasteiger partial charge in [0.05, 0.1) is 17.7 Å². The van der Waals surface area contributed by atoms with Crippen molar-refractivity contribution >= 4 is 31.5 Å². The lowest BCUT2D eigenvalue weighted by molar-refractivity contribution is -0.146. The Bertz CT molecular complexity index is 958. The van der Waals surface area contributed by atoms with Crippen LogP contribution in [0.5, 0.6) is 0 Å². The first-order valence-electron chi connectivity index (χ1n) is 12.2. The first-order valence-corrected chi connectivity index (χ1v) is 15.3. The summed E-state index contributed by atoms with van der Waals surface area (Å²) in [6.45, 7) is 11.3. The van der Waals surface area contributed by atoms with Gasteiger partial charge in [0, 0.05) is 42.4 Å². The van der Waals surface area contributed by atoms with E-state index in [9.17, 15) is 19.5 Å². The third-order valence-corrected chi connectivity index (χ3v) is 10.1. The second-order valence-electron chi connectivity index (χ2n) is 10.3. The molecule has 1 unspecified atom stereocenters. The summed E-state index contributed by atoms with van der Waals surface area (Å²) in [5.74, 6) is -0.603. The second-order valence-corrected chi connectivity index (χ2v) is 14.3. The van der Waals surface area contributed by atoms with E-state index in [1.165, 1.54) is 0 Å². The van der Waals surface area contributed by atoms with Crippen molar-refractivity contribution in [3.05, 3.63) is 36.4 Å². The normalized spacial score (nSPS) is 31.1. The number of aliphatic hydroxyl groups excluding tert-OH is 1. The van der Waals surface area contributed by atoms with Crippen LogP contribution in [-0.2, 0) is 19.9 Å². The Morgan fingerprint density at radius 3 is 2.82 bits per heavy atom. The molecule has 3 aliphatic heterocycles. The second kappa shape index (κ2) is 9.54. The molecule has 34 heavy (non-hydrogen) atoms. The van der Waals surface area contributed by atoms with E-state index in [1.54, 1.807) is 11.0 Å². The van der Waals surface area contributed by atoms with Crippen LogP contribution < -0.4 is 15.5 Å². The molecule has 4 N–H and O–H groups in total. The van der Waals surface area contributed by atoms with Crippen LogP contribution in [0.1, 0.15) is 31.7 Å². The van der Waals surface area contributed by atoms with E-state index in [0.29, 0.717) is 30.8 Å². The number of rotatable bonds is 7. The number of benzene rings is 1. The highest BCUT2D eigenvalue weighted by Gasteiger charge is 2.66. The highest BCUT2D eigenvalue weighted by molar-refractivity contribution is 6.71. The van der Waals surface area contributed by atoms with Crippen LogP contribution in [0.2, 0.25) is 18.6 Å². The van der Waals surface area contributed by atoms with Gasteiger partial charge in [-0.1, -0.05) is 13.0 Å². The van der Waals surface area contributed by atoms with Gasteiger partial charge >= 0.3 is 0 Å². The molecule has 2 amide bonds. The van der Waals surface area contributed by atoms with Crippen molar-refractivity contribution in [3.63, 3.8) is 0 Å². The van der Waals surface area contributed by atoms with Gasteiger partial charge in [-0.3, -0.25) is 9.59 Å². The zero-order valence-electron chi connectivity index (χ0n) is 20.3. The van der Waals surface area contributed by atoms with Crippen molar-refractivity contribution in [2.24, 2.45) is 11.8 Å². The highest BCUT2D eigenvalue weighted by Crippen LogP contribution is 2.59. The van der Waals surface area contributed by atoms with Crippen molar-refractivity contribution in [2.75, 3.05) is 36.5 Å². The summed E-state index contributed by atoms with van der Waals surface area (Å²) in [4.78, 5) is 39.6. The summed E-state index contributed by atoms with van der Waals surface area (Å²) in [6.07, 6.45) is 3.41. The van der Waals surface area contributed by atoms with Gasteiger partial charge in [0.25, 0.3) is 5.91 Å². The first kappa shape index (κ1) is 25.1. The van der Waals surface area contributed by atoms with E-state index in [4.69, 9.17) is 4.74 Å². The molecular weight excluding hydrogens is 450 g/mol. The first-order chi connectivity index (χ1) is 16.1. The Morgan fingerprint density at radius 1 is 1.44 bits per heavy atom. The Balaban J connectivity index is 1.75. The Labute approximate surface area is 202 Å². The van der Waals surface area contributed by atoms with Gasteiger partial charge < -0.3 is 30.2 Å². The topological polar surface area (TPSA) is 111 Å². The molecule has 186 valence electrons. The van der Waals surface area contributed by atoms with Crippen LogP contribution in [0.15, 0.2) is 30.9 Å². The smallest absolute Gasteiger partial charge is 0.264 e. The number of hydrogen-bond acceptors (Lipinski definition) is 6. The summed E-state index contributed by atoms with van der Waals surface area (Å²) >= 11 is 0. The van der Waals surface area contributed by atoms with E-state index in [1.807, 2.05) is 38.2 Å². The lowest BCUT2D eigenvalue weighted by Gasteiger charge is -2.32. The lowest BCUT2D eigenvalue weighted by Crippen LogP contribution is -2.46. The quantitative estimate of drug-likeness (QED) is 0.347. The maximum Gasteiger partial charge on any atom is 0.264 e. The van der Waals surface area contributed by atoms with Crippen molar-refractivity contribution in [1.29, 1.82) is 0 Å². The zero-order chi connectivity index (χ0) is 24.7. The minimum atomic E-state index is -2.74. The molecule has 2 fully saturated rings. The third kappa shape index (κ3) is 4.13. The number of ether oxygens (including phenoxy) is 1. The zero-order valence-corrected chi connectivity index (χ0v) is 21.3. The molecule has 1 spiro atoms. The van der Waals surface area contributed by atoms with Crippen molar-refractivity contribution in [3.8, 4) is 0 Å². The standard InChI is InChI=1S/C25H37N3O5Si/c1-5-12-28-20-9-8-18(27-23(30)17-7-6-11-26-15-17)14-19(20)25(24(28)31)16(2)22(34(3,4)32)21(33-25)10-13-29/h5,8-9,14,16-17,21-22,26,29,32H,1,6-7,10-13,15H2,2-4H3,(H,27,30)/t16-,17?,21+,22-,25+/m1/s1. The van der Waals surface area contributed by atoms with Gasteiger partial charge in [-0.2, -0.15) is 0 Å². The molecule has 0 aromatic heterocycles. The maximum absolute atomic E-state index is 13.9. The van der Waals surface area contributed by atoms with Gasteiger partial charge in [0.1, 0.15) is 0 Å². The Morgan fingerprint density at radius 2 is 2.21 bits per heavy atom. The lowest BCUT2D eigenvalue weighted by atomic mass is 9.82. The van der Waals surface area contributed by atoms with E-state index >= 15 is 0 Å². The molecule has 8 nitrogen and oxygen atoms in total. The monoisotopic (exact) mass is 487 g/mol. The number of nitrogens with zero attached hydrogens (tertiary/aromatic N) is 1. The van der Waals surface area contributed by atoms with Crippen molar-refractivity contribution < 1.29 is 24.2 Å². The fourth-order valence-electron chi connectivity index (χ4n) is 6.18. The largest absolute Gasteiger partial charge is 0.432 e. The third-order valence-electron chi connectivity index (χ3n) is 7.64. The molecule has 3 heterocycles. The number of anilines is 2. The van der Waals surface area contributed by atoms with Gasteiger partial charge in [0.2, 0.25) is 5.91 Å². The molecule has 0 radical (unpaired) electrons. The number of piperidine rings is 1. The van der Waals surface area contributed by atoms with Gasteiger partial charge in [0.15, 0.2) is 13.9 Å². The molecule has 3 aliphatic rings. The number of fused-ring (bicyclic) bond motifs is 2. The molecule has 0 aliphatic carbocycles. The molecule has 1 aromatic carbocycles. The van der Waals surface area contributed by atoms with Crippen LogP contribution in [0, 0.1) is 11.8 Å². The fourth-order valence-corrected chi connectivity index (χ4v) is 8.79. The fraction of sp³-hybridized carbons (Fsp3) is 0.600. The summed E-state index contributed by atoms with van der Waals surface area (Å²) in [5.41, 5.74) is 0.556. The van der Waals surface area contributed by atoms with Crippen molar-refractivity contribution in [2.45, 2.75) is 56.5 Å². The molecule has 0 saturated carbocycles. The van der Waals surface area contributed by atoms with E-state index in [-0.39, 0.29) is 35.8 Å². The van der Waals surface area contributed by atoms with E-state index in [0.717, 1.165) is 25.1 Å². The maximum atomic E-state index is 13.9. The van der Waals surface area contributed by atoms with Gasteiger partial charge in [-0.05, 0) is 57.1 Å². The summed E-state index contributed by atoms with van der Waals surface area (Å²) in [5, 5.41) is 16.0. The van der Waals surface area contributed by atoms with Gasteiger partial charge in [-0.15, -0.1) is 6.58 Å². The van der Waals surface area contributed by atoms with Gasteiger partial charge in [-0.25, -0.2) is 0 Å². The summed E-state index contributed by atoms with van der Waals surface area (Å²) in [7, 11) is -2.74. The average Bonchev–Trinajstić information content (AvgIpc) is 3.22. The number of hydrogen-bond donors (Lipinski definition) is 4. The minimum absolute atomic E-state index is 0.0335. The van der Waals surface area contributed by atoms with Crippen LogP contribution in [0.3, 0.4) is 0 Å². The number of nitrogens with one attached hydrogen (secondary N) is 2. The molecular formula is C25H37N3O5Si. The van der Waals surface area contributed by atoms with Crippen LogP contribution >= 0.6 is 0 Å². The molecule has 2 saturated heterocycles. The molecule has 0 bridgehead atoms.